The normalized spacial score (nSPS) is 16.6. The van der Waals surface area contributed by atoms with Crippen LogP contribution in [0.4, 0.5) is 15.8 Å². The van der Waals surface area contributed by atoms with Gasteiger partial charge in [0.2, 0.25) is 0 Å². The highest BCUT2D eigenvalue weighted by molar-refractivity contribution is 5.62. The minimum atomic E-state index is -0.561. The molecular weight excluding hydrogens is 237 g/mol. The van der Waals surface area contributed by atoms with Gasteiger partial charge in [-0.3, -0.25) is 10.1 Å². The number of nitro groups is 1. The molecule has 1 aromatic carbocycles. The lowest BCUT2D eigenvalue weighted by molar-refractivity contribution is -0.384. The van der Waals surface area contributed by atoms with Crippen LogP contribution in [0.15, 0.2) is 12.1 Å². The van der Waals surface area contributed by atoms with Gasteiger partial charge in [-0.05, 0) is 31.4 Å². The molecule has 1 fully saturated rings. The number of halogens is 1. The Balaban J connectivity index is 2.24. The molecule has 1 saturated heterocycles. The van der Waals surface area contributed by atoms with Crippen molar-refractivity contribution in [1.82, 2.24) is 5.01 Å². The number of nitrogens with zero attached hydrogens (tertiary/aromatic N) is 2. The molecule has 0 saturated carbocycles. The third-order valence-corrected chi connectivity index (χ3v) is 3.11. The summed E-state index contributed by atoms with van der Waals surface area (Å²) in [6, 6.07) is 2.46. The Labute approximate surface area is 105 Å². The molecule has 0 unspecified atom stereocenters. The summed E-state index contributed by atoms with van der Waals surface area (Å²) in [4.78, 5) is 10.3. The van der Waals surface area contributed by atoms with E-state index in [1.165, 1.54) is 12.5 Å². The molecule has 0 aromatic heterocycles. The molecule has 98 valence electrons. The van der Waals surface area contributed by atoms with E-state index in [9.17, 15) is 14.5 Å². The minimum absolute atomic E-state index is 0.219. The van der Waals surface area contributed by atoms with Gasteiger partial charge in [0, 0.05) is 13.1 Å². The molecule has 0 aliphatic carbocycles. The van der Waals surface area contributed by atoms with Gasteiger partial charge in [-0.15, -0.1) is 0 Å². The van der Waals surface area contributed by atoms with Crippen molar-refractivity contribution in [2.75, 3.05) is 18.5 Å². The number of piperidine rings is 1. The lowest BCUT2D eigenvalue weighted by atomic mass is 10.1. The zero-order valence-electron chi connectivity index (χ0n) is 10.3. The summed E-state index contributed by atoms with van der Waals surface area (Å²) in [6.45, 7) is 3.31. The monoisotopic (exact) mass is 253 g/mol. The van der Waals surface area contributed by atoms with Crippen LogP contribution in [0.1, 0.15) is 24.8 Å². The van der Waals surface area contributed by atoms with Crippen molar-refractivity contribution in [3.63, 3.8) is 0 Å². The topological polar surface area (TPSA) is 58.4 Å². The molecule has 2 rings (SSSR count). The van der Waals surface area contributed by atoms with Crippen molar-refractivity contribution in [3.8, 4) is 0 Å². The summed E-state index contributed by atoms with van der Waals surface area (Å²) in [5.41, 5.74) is 3.57. The zero-order valence-corrected chi connectivity index (χ0v) is 10.3. The van der Waals surface area contributed by atoms with Crippen molar-refractivity contribution >= 4 is 11.4 Å². The van der Waals surface area contributed by atoms with Crippen molar-refractivity contribution in [1.29, 1.82) is 0 Å². The number of nitro benzene ring substituents is 1. The molecule has 5 nitrogen and oxygen atoms in total. The third kappa shape index (κ3) is 2.76. The van der Waals surface area contributed by atoms with Crippen LogP contribution >= 0.6 is 0 Å². The summed E-state index contributed by atoms with van der Waals surface area (Å²) in [7, 11) is 0. The van der Waals surface area contributed by atoms with Crippen LogP contribution in [0.25, 0.3) is 0 Å². The van der Waals surface area contributed by atoms with E-state index in [1.54, 1.807) is 6.92 Å². The first-order chi connectivity index (χ1) is 8.58. The molecule has 0 spiro atoms. The molecule has 18 heavy (non-hydrogen) atoms. The molecule has 1 aliphatic heterocycles. The summed E-state index contributed by atoms with van der Waals surface area (Å²) in [5.74, 6) is -0.550. The van der Waals surface area contributed by atoms with E-state index >= 15 is 0 Å². The smallest absolute Gasteiger partial charge is 0.296 e. The maximum atomic E-state index is 13.4. The Morgan fingerprint density at radius 2 is 2.00 bits per heavy atom. The second-order valence-electron chi connectivity index (χ2n) is 4.54. The zero-order chi connectivity index (χ0) is 13.1. The molecule has 0 amide bonds. The Morgan fingerprint density at radius 1 is 1.33 bits per heavy atom. The van der Waals surface area contributed by atoms with Gasteiger partial charge in [0.15, 0.2) is 0 Å². The number of benzene rings is 1. The average molecular weight is 253 g/mol. The van der Waals surface area contributed by atoms with Crippen LogP contribution in [-0.4, -0.2) is 23.0 Å². The Bertz CT molecular complexity index is 459. The van der Waals surface area contributed by atoms with Gasteiger partial charge in [-0.2, -0.15) is 0 Å². The van der Waals surface area contributed by atoms with Crippen LogP contribution in [0, 0.1) is 22.9 Å². The predicted octanol–water partition coefficient (Wildman–Crippen LogP) is 2.86. The molecule has 0 bridgehead atoms. The summed E-state index contributed by atoms with van der Waals surface area (Å²) >= 11 is 0. The van der Waals surface area contributed by atoms with Gasteiger partial charge in [-0.25, -0.2) is 9.40 Å². The van der Waals surface area contributed by atoms with Crippen molar-refractivity contribution < 1.29 is 9.31 Å². The maximum Gasteiger partial charge on any atom is 0.296 e. The van der Waals surface area contributed by atoms with Crippen LogP contribution in [0.3, 0.4) is 0 Å². The summed E-state index contributed by atoms with van der Waals surface area (Å²) in [6.07, 6.45) is 3.32. The summed E-state index contributed by atoms with van der Waals surface area (Å²) < 4.78 is 13.4. The molecule has 1 aliphatic rings. The van der Waals surface area contributed by atoms with Gasteiger partial charge in [0.25, 0.3) is 5.69 Å². The second kappa shape index (κ2) is 5.30. The van der Waals surface area contributed by atoms with E-state index in [0.717, 1.165) is 32.0 Å². The van der Waals surface area contributed by atoms with Gasteiger partial charge in [0.1, 0.15) is 11.5 Å². The molecule has 0 radical (unpaired) electrons. The molecule has 1 heterocycles. The lowest BCUT2D eigenvalue weighted by Crippen LogP contribution is -2.35. The van der Waals surface area contributed by atoms with E-state index in [0.29, 0.717) is 11.3 Å². The third-order valence-electron chi connectivity index (χ3n) is 3.11. The van der Waals surface area contributed by atoms with E-state index in [1.807, 2.05) is 5.01 Å². The fourth-order valence-corrected chi connectivity index (χ4v) is 2.09. The first-order valence-electron chi connectivity index (χ1n) is 6.04. The quantitative estimate of drug-likeness (QED) is 0.664. The largest absolute Gasteiger partial charge is 0.313 e. The van der Waals surface area contributed by atoms with Gasteiger partial charge < -0.3 is 5.43 Å². The van der Waals surface area contributed by atoms with Gasteiger partial charge in [0.05, 0.1) is 11.0 Å². The molecule has 6 heteroatoms. The van der Waals surface area contributed by atoms with Gasteiger partial charge >= 0.3 is 0 Å². The molecule has 1 N–H and O–H groups in total. The Morgan fingerprint density at radius 3 is 2.61 bits per heavy atom. The lowest BCUT2D eigenvalue weighted by Gasteiger charge is -2.27. The first kappa shape index (κ1) is 12.8. The Hall–Kier alpha value is -1.69. The first-order valence-corrected chi connectivity index (χ1v) is 6.04. The standard InChI is InChI=1S/C12H16FN3O2/c1-9-7-11(12(16(17)18)8-10(9)13)14-15-5-3-2-4-6-15/h7-8,14H,2-6H2,1H3. The van der Waals surface area contributed by atoms with Crippen LogP contribution in [0.5, 0.6) is 0 Å². The summed E-state index contributed by atoms with van der Waals surface area (Å²) in [5, 5.41) is 12.9. The number of rotatable bonds is 3. The number of hydrogen-bond donors (Lipinski definition) is 1. The van der Waals surface area contributed by atoms with Crippen LogP contribution < -0.4 is 5.43 Å². The van der Waals surface area contributed by atoms with Gasteiger partial charge in [-0.1, -0.05) is 6.42 Å². The predicted molar refractivity (Wildman–Crippen MR) is 66.8 cm³/mol. The van der Waals surface area contributed by atoms with E-state index in [4.69, 9.17) is 0 Å². The second-order valence-corrected chi connectivity index (χ2v) is 4.54. The Kier molecular flexibility index (Phi) is 3.76. The van der Waals surface area contributed by atoms with Crippen LogP contribution in [-0.2, 0) is 0 Å². The van der Waals surface area contributed by atoms with Crippen LogP contribution in [0.2, 0.25) is 0 Å². The van der Waals surface area contributed by atoms with Crippen molar-refractivity contribution in [3.05, 3.63) is 33.6 Å². The van der Waals surface area contributed by atoms with E-state index in [2.05, 4.69) is 5.43 Å². The SMILES string of the molecule is Cc1cc(NN2CCCCC2)c([N+](=O)[O-])cc1F. The average Bonchev–Trinajstić information content (AvgIpc) is 2.34. The minimum Gasteiger partial charge on any atom is -0.313 e. The van der Waals surface area contributed by atoms with Crippen molar-refractivity contribution in [2.24, 2.45) is 0 Å². The number of hydrazine groups is 1. The fourth-order valence-electron chi connectivity index (χ4n) is 2.09. The fraction of sp³-hybridized carbons (Fsp3) is 0.500. The highest BCUT2D eigenvalue weighted by Gasteiger charge is 2.19. The number of nitrogens with one attached hydrogen (secondary N) is 1. The number of hydrogen-bond acceptors (Lipinski definition) is 4. The van der Waals surface area contributed by atoms with E-state index < -0.39 is 10.7 Å². The maximum absolute atomic E-state index is 13.4. The number of anilines is 1. The molecule has 1 aromatic rings. The highest BCUT2D eigenvalue weighted by atomic mass is 19.1. The van der Waals surface area contributed by atoms with Crippen molar-refractivity contribution in [2.45, 2.75) is 26.2 Å². The molecule has 0 atom stereocenters. The van der Waals surface area contributed by atoms with E-state index in [-0.39, 0.29) is 5.69 Å². The molecular formula is C12H16FN3O2. The highest BCUT2D eigenvalue weighted by Crippen LogP contribution is 2.28. The number of aryl methyl sites for hydroxylation is 1.